The highest BCUT2D eigenvalue weighted by Gasteiger charge is 2.25. The molecule has 1 aliphatic carbocycles. The lowest BCUT2D eigenvalue weighted by Gasteiger charge is -2.17. The topological polar surface area (TPSA) is 60.5 Å². The number of fused-ring (bicyclic) bond motifs is 8. The van der Waals surface area contributed by atoms with Gasteiger partial charge < -0.3 is 0 Å². The van der Waals surface area contributed by atoms with Crippen molar-refractivity contribution in [3.05, 3.63) is 163 Å². The van der Waals surface area contributed by atoms with Crippen molar-refractivity contribution in [3.8, 4) is 67.9 Å². The quantitative estimate of drug-likeness (QED) is 0.182. The van der Waals surface area contributed by atoms with E-state index in [9.17, 15) is 10.5 Å². The molecule has 0 unspecified atom stereocenters. The van der Waals surface area contributed by atoms with E-state index < -0.39 is 0 Å². The number of aromatic nitrogens is 1. The van der Waals surface area contributed by atoms with Gasteiger partial charge in [0.05, 0.1) is 29.0 Å². The van der Waals surface area contributed by atoms with Gasteiger partial charge in [-0.2, -0.15) is 10.5 Å². The fourth-order valence-corrected chi connectivity index (χ4v) is 8.02. The van der Waals surface area contributed by atoms with Gasteiger partial charge in [-0.05, 0) is 148 Å². The van der Waals surface area contributed by atoms with Gasteiger partial charge in [-0.3, -0.25) is 4.98 Å². The zero-order valence-corrected chi connectivity index (χ0v) is 26.8. The molecule has 0 radical (unpaired) electrons. The fraction of sp³-hybridized carbons (Fsp3) is 0. The largest absolute Gasteiger partial charge is 0.256 e. The van der Waals surface area contributed by atoms with Gasteiger partial charge in [0.1, 0.15) is 0 Å². The van der Waals surface area contributed by atoms with Crippen LogP contribution >= 0.6 is 0 Å². The molecule has 1 aliphatic rings. The highest BCUT2D eigenvalue weighted by Crippen LogP contribution is 2.52. The number of nitrogens with zero attached hydrogens (tertiary/aromatic N) is 3. The minimum Gasteiger partial charge on any atom is -0.256 e. The maximum absolute atomic E-state index is 9.57. The molecule has 3 nitrogen and oxygen atoms in total. The smallest absolute Gasteiger partial charge is 0.0991 e. The molecular formula is C47H25N3. The lowest BCUT2D eigenvalue weighted by molar-refractivity contribution is 1.33. The third-order valence-electron chi connectivity index (χ3n) is 10.3. The van der Waals surface area contributed by atoms with Crippen LogP contribution in [0.2, 0.25) is 0 Å². The Morgan fingerprint density at radius 3 is 1.54 bits per heavy atom. The minimum atomic E-state index is 0.642. The molecule has 10 rings (SSSR count). The van der Waals surface area contributed by atoms with Crippen molar-refractivity contribution in [2.45, 2.75) is 0 Å². The van der Waals surface area contributed by atoms with Crippen molar-refractivity contribution in [1.29, 1.82) is 10.5 Å². The molecule has 1 heterocycles. The Labute approximate surface area is 288 Å². The predicted octanol–water partition coefficient (Wildman–Crippen LogP) is 12.1. The molecule has 228 valence electrons. The molecule has 50 heavy (non-hydrogen) atoms. The normalized spacial score (nSPS) is 11.6. The molecule has 0 aliphatic heterocycles. The molecule has 0 atom stereocenters. The monoisotopic (exact) mass is 631 g/mol. The molecule has 0 saturated carbocycles. The van der Waals surface area contributed by atoms with E-state index in [-0.39, 0.29) is 0 Å². The molecule has 0 N–H and O–H groups in total. The number of benzene rings is 8. The van der Waals surface area contributed by atoms with Crippen LogP contribution in [0.25, 0.3) is 98.9 Å². The zero-order valence-electron chi connectivity index (χ0n) is 26.8. The summed E-state index contributed by atoms with van der Waals surface area (Å²) in [5.41, 5.74) is 12.7. The molecule has 0 bridgehead atoms. The Kier molecular flexibility index (Phi) is 6.00. The Hall–Kier alpha value is -7.07. The Bertz CT molecular complexity index is 2960. The van der Waals surface area contributed by atoms with E-state index in [1.54, 1.807) is 0 Å². The van der Waals surface area contributed by atoms with Crippen molar-refractivity contribution in [1.82, 2.24) is 4.98 Å². The van der Waals surface area contributed by atoms with Gasteiger partial charge in [0.25, 0.3) is 0 Å². The molecule has 1 aromatic heterocycles. The van der Waals surface area contributed by atoms with E-state index >= 15 is 0 Å². The first-order valence-corrected chi connectivity index (χ1v) is 16.7. The van der Waals surface area contributed by atoms with Crippen LogP contribution in [0.4, 0.5) is 0 Å². The maximum Gasteiger partial charge on any atom is 0.0991 e. The van der Waals surface area contributed by atoms with Crippen LogP contribution in [0.15, 0.2) is 152 Å². The van der Waals surface area contributed by atoms with Gasteiger partial charge in [-0.25, -0.2) is 0 Å². The van der Waals surface area contributed by atoms with Crippen LogP contribution in [0.5, 0.6) is 0 Å². The number of hydrogen-bond acceptors (Lipinski definition) is 3. The second kappa shape index (κ2) is 10.7. The van der Waals surface area contributed by atoms with Gasteiger partial charge in [0.2, 0.25) is 0 Å². The van der Waals surface area contributed by atoms with Crippen LogP contribution in [0.1, 0.15) is 11.1 Å². The van der Waals surface area contributed by atoms with Gasteiger partial charge in [0, 0.05) is 11.8 Å². The maximum atomic E-state index is 9.57. The number of nitriles is 2. The van der Waals surface area contributed by atoms with Crippen LogP contribution in [-0.2, 0) is 0 Å². The molecular weight excluding hydrogens is 607 g/mol. The van der Waals surface area contributed by atoms with E-state index in [1.807, 2.05) is 54.7 Å². The standard InChI is InChI=1S/C47H25N3/c48-26-28-11-15-30(16-12-28)38-22-44-40(33-7-2-1-6-32(33)38)23-39(31-17-13-29(27-49)14-18-31)43-24-42-37-20-19-34(46-10-3-4-21-50-46)35-8-5-9-36(47(35)37)41(42)25-45(43)44/h1-25H. The highest BCUT2D eigenvalue weighted by atomic mass is 14.7. The van der Waals surface area contributed by atoms with Crippen molar-refractivity contribution in [2.75, 3.05) is 0 Å². The molecule has 0 spiro atoms. The van der Waals surface area contributed by atoms with Gasteiger partial charge in [0.15, 0.2) is 0 Å². The van der Waals surface area contributed by atoms with Crippen LogP contribution < -0.4 is 0 Å². The van der Waals surface area contributed by atoms with Gasteiger partial charge >= 0.3 is 0 Å². The van der Waals surface area contributed by atoms with Crippen molar-refractivity contribution in [3.63, 3.8) is 0 Å². The summed E-state index contributed by atoms with van der Waals surface area (Å²) in [5.74, 6) is 0. The molecule has 0 amide bonds. The summed E-state index contributed by atoms with van der Waals surface area (Å²) < 4.78 is 0. The summed E-state index contributed by atoms with van der Waals surface area (Å²) in [5, 5.41) is 28.5. The lowest BCUT2D eigenvalue weighted by Crippen LogP contribution is -1.91. The van der Waals surface area contributed by atoms with Crippen LogP contribution in [0.3, 0.4) is 0 Å². The second-order valence-corrected chi connectivity index (χ2v) is 12.9. The lowest BCUT2D eigenvalue weighted by atomic mass is 9.86. The number of pyridine rings is 1. The van der Waals surface area contributed by atoms with E-state index in [0.717, 1.165) is 44.3 Å². The second-order valence-electron chi connectivity index (χ2n) is 12.9. The molecule has 0 saturated heterocycles. The van der Waals surface area contributed by atoms with E-state index in [1.165, 1.54) is 54.6 Å². The number of rotatable bonds is 3. The summed E-state index contributed by atoms with van der Waals surface area (Å²) in [6.45, 7) is 0. The van der Waals surface area contributed by atoms with E-state index in [4.69, 9.17) is 4.98 Å². The summed E-state index contributed by atoms with van der Waals surface area (Å²) in [6.07, 6.45) is 1.85. The summed E-state index contributed by atoms with van der Waals surface area (Å²) in [4.78, 5) is 4.70. The van der Waals surface area contributed by atoms with E-state index in [0.29, 0.717) is 11.1 Å². The first-order chi connectivity index (χ1) is 24.7. The number of hydrogen-bond donors (Lipinski definition) is 0. The van der Waals surface area contributed by atoms with Crippen molar-refractivity contribution in [2.24, 2.45) is 0 Å². The third-order valence-corrected chi connectivity index (χ3v) is 10.3. The minimum absolute atomic E-state index is 0.642. The average molecular weight is 632 g/mol. The van der Waals surface area contributed by atoms with Crippen LogP contribution in [0, 0.1) is 22.7 Å². The molecule has 3 heteroatoms. The fourth-order valence-electron chi connectivity index (χ4n) is 8.02. The van der Waals surface area contributed by atoms with Crippen molar-refractivity contribution < 1.29 is 0 Å². The van der Waals surface area contributed by atoms with E-state index in [2.05, 4.69) is 109 Å². The first-order valence-electron chi connectivity index (χ1n) is 16.7. The zero-order chi connectivity index (χ0) is 33.3. The first kappa shape index (κ1) is 28.0. The molecule has 8 aromatic carbocycles. The third kappa shape index (κ3) is 4.05. The molecule has 9 aromatic rings. The van der Waals surface area contributed by atoms with Crippen LogP contribution in [-0.4, -0.2) is 4.98 Å². The Morgan fingerprint density at radius 2 is 0.880 bits per heavy atom. The summed E-state index contributed by atoms with van der Waals surface area (Å²) in [7, 11) is 0. The predicted molar refractivity (Wildman–Crippen MR) is 204 cm³/mol. The highest BCUT2D eigenvalue weighted by molar-refractivity contribution is 6.27. The molecule has 0 fully saturated rings. The van der Waals surface area contributed by atoms with Gasteiger partial charge in [-0.15, -0.1) is 0 Å². The summed E-state index contributed by atoms with van der Waals surface area (Å²) in [6, 6.07) is 55.5. The Morgan fingerprint density at radius 1 is 0.360 bits per heavy atom. The summed E-state index contributed by atoms with van der Waals surface area (Å²) >= 11 is 0. The SMILES string of the molecule is N#Cc1ccc(-c2cc3c4cc5c(cc4c(-c4ccc(C#N)cc4)cc3c3ccccc23)-c2ccc(-c3ccccn3)c3cccc-5c23)cc1. The Balaban J connectivity index is 1.33. The van der Waals surface area contributed by atoms with Crippen molar-refractivity contribution >= 4 is 43.1 Å². The average Bonchev–Trinajstić information content (AvgIpc) is 3.50. The van der Waals surface area contributed by atoms with Gasteiger partial charge in [-0.1, -0.05) is 84.9 Å².